The van der Waals surface area contributed by atoms with Crippen molar-refractivity contribution in [3.05, 3.63) is 206 Å². The molecule has 0 aromatic heterocycles. The number of fused-ring (bicyclic) bond motifs is 12. The van der Waals surface area contributed by atoms with Crippen molar-refractivity contribution < 1.29 is 0 Å². The number of hydrogen-bond acceptors (Lipinski definition) is 0. The smallest absolute Gasteiger partial charge is 0.00206 e. The van der Waals surface area contributed by atoms with Gasteiger partial charge in [-0.2, -0.15) is 0 Å². The topological polar surface area (TPSA) is 0 Å². The summed E-state index contributed by atoms with van der Waals surface area (Å²) in [5, 5.41) is 20.5. The second-order valence-corrected chi connectivity index (χ2v) is 15.3. The molecule has 0 N–H and O–H groups in total. The molecule has 0 saturated heterocycles. The number of hydrogen-bond donors (Lipinski definition) is 0. The van der Waals surface area contributed by atoms with Gasteiger partial charge in [0.1, 0.15) is 0 Å². The lowest BCUT2D eigenvalue weighted by Gasteiger charge is -2.15. The van der Waals surface area contributed by atoms with Crippen LogP contribution in [0.5, 0.6) is 0 Å². The first kappa shape index (κ1) is 31.1. The van der Waals surface area contributed by atoms with E-state index in [9.17, 15) is 0 Å². The monoisotopic (exact) mass is 706 g/mol. The SMILES string of the molecule is c1ccc2c(c1)ccc1c(-c3ccc4ccc(-c5ccc6ccc(-c7cc8ccccc8c8c7ccc7ccccc78)cc6c5)cc4c3)cc3ccccc3c12. The van der Waals surface area contributed by atoms with E-state index in [2.05, 4.69) is 206 Å². The number of rotatable bonds is 3. The highest BCUT2D eigenvalue weighted by molar-refractivity contribution is 6.25. The van der Waals surface area contributed by atoms with Gasteiger partial charge < -0.3 is 0 Å². The maximum Gasteiger partial charge on any atom is -0.00206 e. The molecule has 12 aromatic carbocycles. The van der Waals surface area contributed by atoms with Crippen molar-refractivity contribution in [1.29, 1.82) is 0 Å². The Morgan fingerprint density at radius 2 is 0.500 bits per heavy atom. The first-order valence-corrected chi connectivity index (χ1v) is 19.5. The van der Waals surface area contributed by atoms with Gasteiger partial charge in [-0.25, -0.2) is 0 Å². The van der Waals surface area contributed by atoms with Crippen LogP contribution >= 0.6 is 0 Å². The summed E-state index contributed by atoms with van der Waals surface area (Å²) in [6.07, 6.45) is 0. The van der Waals surface area contributed by atoms with Crippen LogP contribution in [0.2, 0.25) is 0 Å². The zero-order valence-electron chi connectivity index (χ0n) is 30.6. The molecule has 0 amide bonds. The van der Waals surface area contributed by atoms with Gasteiger partial charge in [0.2, 0.25) is 0 Å². The Balaban J connectivity index is 0.993. The molecule has 0 spiro atoms. The molecular formula is C56H34. The van der Waals surface area contributed by atoms with Crippen molar-refractivity contribution in [1.82, 2.24) is 0 Å². The van der Waals surface area contributed by atoms with Gasteiger partial charge in [-0.15, -0.1) is 0 Å². The summed E-state index contributed by atoms with van der Waals surface area (Å²) < 4.78 is 0. The zero-order valence-corrected chi connectivity index (χ0v) is 30.6. The Bertz CT molecular complexity index is 3320. The Labute approximate surface area is 324 Å². The van der Waals surface area contributed by atoms with E-state index >= 15 is 0 Å². The van der Waals surface area contributed by atoms with Crippen molar-refractivity contribution in [3.63, 3.8) is 0 Å². The van der Waals surface area contributed by atoms with Crippen molar-refractivity contribution in [2.75, 3.05) is 0 Å². The van der Waals surface area contributed by atoms with E-state index in [1.807, 2.05) is 0 Å². The summed E-state index contributed by atoms with van der Waals surface area (Å²) in [7, 11) is 0. The fraction of sp³-hybridized carbons (Fsp3) is 0. The largest absolute Gasteiger partial charge is 0.0616 e. The molecule has 0 fully saturated rings. The van der Waals surface area contributed by atoms with Gasteiger partial charge in [0.05, 0.1) is 0 Å². The standard InChI is InChI=1S/C56H34/c1-5-13-47-37(9-1)25-27-51-53(33-41-11-3-7-15-49(41)55(47)51)43-23-19-35-17-21-39(29-45(35)31-43)40-22-18-36-20-24-44(32-46(36)30-40)54-34-42-12-4-8-16-50(42)56-48-14-6-2-10-38(48)26-28-52(54)56/h1-34H. The van der Waals surface area contributed by atoms with Gasteiger partial charge in [0, 0.05) is 0 Å². The van der Waals surface area contributed by atoms with Gasteiger partial charge in [-0.1, -0.05) is 170 Å². The molecule has 0 heterocycles. The second kappa shape index (κ2) is 12.1. The third kappa shape index (κ3) is 4.79. The van der Waals surface area contributed by atoms with Gasteiger partial charge in [0.25, 0.3) is 0 Å². The first-order valence-electron chi connectivity index (χ1n) is 19.5. The lowest BCUT2D eigenvalue weighted by atomic mass is 9.89. The molecule has 0 aliphatic carbocycles. The summed E-state index contributed by atoms with van der Waals surface area (Å²) in [6.45, 7) is 0. The van der Waals surface area contributed by atoms with Crippen LogP contribution in [0.25, 0.3) is 120 Å². The minimum absolute atomic E-state index is 1.22. The molecule has 0 bridgehead atoms. The second-order valence-electron chi connectivity index (χ2n) is 15.3. The average molecular weight is 707 g/mol. The molecule has 0 radical (unpaired) electrons. The van der Waals surface area contributed by atoms with E-state index in [1.165, 1.54) is 120 Å². The van der Waals surface area contributed by atoms with Gasteiger partial charge in [-0.05, 0) is 156 Å². The van der Waals surface area contributed by atoms with E-state index in [-0.39, 0.29) is 0 Å². The van der Waals surface area contributed by atoms with Crippen LogP contribution in [-0.2, 0) is 0 Å². The highest BCUT2D eigenvalue weighted by Crippen LogP contribution is 2.42. The zero-order chi connectivity index (χ0) is 36.7. The van der Waals surface area contributed by atoms with Crippen LogP contribution in [0.3, 0.4) is 0 Å². The average Bonchev–Trinajstić information content (AvgIpc) is 3.27. The molecule has 12 rings (SSSR count). The lowest BCUT2D eigenvalue weighted by molar-refractivity contribution is 1.66. The third-order valence-electron chi connectivity index (χ3n) is 12.1. The van der Waals surface area contributed by atoms with Gasteiger partial charge in [-0.3, -0.25) is 0 Å². The molecule has 0 unspecified atom stereocenters. The molecule has 56 heavy (non-hydrogen) atoms. The fourth-order valence-corrected chi connectivity index (χ4v) is 9.41. The summed E-state index contributed by atoms with van der Waals surface area (Å²) >= 11 is 0. The fourth-order valence-electron chi connectivity index (χ4n) is 9.41. The molecule has 258 valence electrons. The van der Waals surface area contributed by atoms with E-state index < -0.39 is 0 Å². The molecule has 0 atom stereocenters. The quantitative estimate of drug-likeness (QED) is 0.160. The number of benzene rings is 12. The van der Waals surface area contributed by atoms with E-state index in [1.54, 1.807) is 0 Å². The van der Waals surface area contributed by atoms with Crippen LogP contribution in [0.4, 0.5) is 0 Å². The summed E-state index contributed by atoms with van der Waals surface area (Å²) in [5.74, 6) is 0. The molecule has 0 aliphatic rings. The molecule has 0 aliphatic heterocycles. The molecule has 0 nitrogen and oxygen atoms in total. The summed E-state index contributed by atoms with van der Waals surface area (Å²) in [5.41, 5.74) is 7.45. The van der Waals surface area contributed by atoms with Crippen LogP contribution in [0.1, 0.15) is 0 Å². The maximum absolute atomic E-state index is 2.38. The van der Waals surface area contributed by atoms with E-state index in [4.69, 9.17) is 0 Å². The van der Waals surface area contributed by atoms with Crippen molar-refractivity contribution in [3.8, 4) is 33.4 Å². The Morgan fingerprint density at radius 1 is 0.179 bits per heavy atom. The molecule has 12 aromatic rings. The van der Waals surface area contributed by atoms with Crippen LogP contribution in [0, 0.1) is 0 Å². The minimum atomic E-state index is 1.22. The highest BCUT2D eigenvalue weighted by atomic mass is 14.2. The Hall–Kier alpha value is -7.28. The predicted molar refractivity (Wildman–Crippen MR) is 243 cm³/mol. The Kier molecular flexibility index (Phi) is 6.73. The van der Waals surface area contributed by atoms with Crippen LogP contribution in [0.15, 0.2) is 206 Å². The van der Waals surface area contributed by atoms with Gasteiger partial charge >= 0.3 is 0 Å². The Morgan fingerprint density at radius 3 is 0.929 bits per heavy atom. The first-order chi connectivity index (χ1) is 27.7. The van der Waals surface area contributed by atoms with E-state index in [0.717, 1.165) is 0 Å². The van der Waals surface area contributed by atoms with E-state index in [0.29, 0.717) is 0 Å². The van der Waals surface area contributed by atoms with Gasteiger partial charge in [0.15, 0.2) is 0 Å². The maximum atomic E-state index is 2.38. The molecule has 0 heteroatoms. The van der Waals surface area contributed by atoms with Crippen molar-refractivity contribution >= 4 is 86.2 Å². The van der Waals surface area contributed by atoms with Crippen molar-refractivity contribution in [2.24, 2.45) is 0 Å². The molecule has 0 saturated carbocycles. The minimum Gasteiger partial charge on any atom is -0.0616 e. The van der Waals surface area contributed by atoms with Crippen LogP contribution < -0.4 is 0 Å². The third-order valence-corrected chi connectivity index (χ3v) is 12.1. The highest BCUT2D eigenvalue weighted by Gasteiger charge is 2.14. The summed E-state index contributed by atoms with van der Waals surface area (Å²) in [4.78, 5) is 0. The van der Waals surface area contributed by atoms with Crippen LogP contribution in [-0.4, -0.2) is 0 Å². The summed E-state index contributed by atoms with van der Waals surface area (Å²) in [6, 6.07) is 76.8. The predicted octanol–water partition coefficient (Wildman–Crippen LogP) is 15.9. The lowest BCUT2D eigenvalue weighted by Crippen LogP contribution is -1.88. The molecular weight excluding hydrogens is 673 g/mol. The van der Waals surface area contributed by atoms with Crippen molar-refractivity contribution in [2.45, 2.75) is 0 Å². The normalized spacial score (nSPS) is 11.9.